The number of likely N-dealkylation sites (tertiary alicyclic amines) is 1. The molecule has 2 aliphatic heterocycles. The van der Waals surface area contributed by atoms with Crippen LogP contribution in [0.5, 0.6) is 0 Å². The topological polar surface area (TPSA) is 60.9 Å². The Kier molecular flexibility index (Phi) is 8.64. The Labute approximate surface area is 245 Å². The van der Waals surface area contributed by atoms with Gasteiger partial charge in [0.05, 0.1) is 16.0 Å². The van der Waals surface area contributed by atoms with Gasteiger partial charge in [-0.25, -0.2) is 8.42 Å². The van der Waals surface area contributed by atoms with Crippen molar-refractivity contribution in [1.29, 1.82) is 0 Å². The molecule has 5 rings (SSSR count). The van der Waals surface area contributed by atoms with Crippen LogP contribution in [0.3, 0.4) is 0 Å². The van der Waals surface area contributed by atoms with Crippen LogP contribution < -0.4 is 0 Å². The highest BCUT2D eigenvalue weighted by Gasteiger charge is 2.47. The molecule has 0 radical (unpaired) electrons. The average Bonchev–Trinajstić information content (AvgIpc) is 3.49. The number of carbonyl (C=O) groups excluding carboxylic acids is 1. The molecule has 1 atom stereocenters. The largest absolute Gasteiger partial charge is 0.416 e. The van der Waals surface area contributed by atoms with Crippen molar-refractivity contribution in [1.82, 2.24) is 14.1 Å². The first-order valence-electron chi connectivity index (χ1n) is 14.5. The van der Waals surface area contributed by atoms with Gasteiger partial charge in [0, 0.05) is 37.0 Å². The van der Waals surface area contributed by atoms with Gasteiger partial charge in [-0.3, -0.25) is 9.69 Å². The lowest BCUT2D eigenvalue weighted by Gasteiger charge is -2.52. The minimum atomic E-state index is -4.63. The summed E-state index contributed by atoms with van der Waals surface area (Å²) in [4.78, 5) is 18.7. The molecule has 1 aromatic heterocycles. The number of halogens is 3. The van der Waals surface area contributed by atoms with Crippen molar-refractivity contribution in [2.75, 3.05) is 33.7 Å². The summed E-state index contributed by atoms with van der Waals surface area (Å²) < 4.78 is 68.0. The lowest BCUT2D eigenvalue weighted by atomic mass is 9.62. The summed E-state index contributed by atoms with van der Waals surface area (Å²) in [5, 5.41) is 2.15. The Morgan fingerprint density at radius 2 is 1.71 bits per heavy atom. The Morgan fingerprint density at radius 1 is 1.00 bits per heavy atom. The first-order valence-corrected chi connectivity index (χ1v) is 16.9. The number of piperidine rings is 2. The van der Waals surface area contributed by atoms with Gasteiger partial charge in [-0.1, -0.05) is 18.6 Å². The third-order valence-corrected chi connectivity index (χ3v) is 12.9. The maximum absolute atomic E-state index is 13.5. The summed E-state index contributed by atoms with van der Waals surface area (Å²) in [7, 11) is 0.165. The summed E-state index contributed by atoms with van der Waals surface area (Å²) in [5.41, 5.74) is -0.689. The number of carbonyl (C=O) groups is 1. The standard InChI is InChI=1S/C30H40F3N3O3S2/c1-34(2)29(26-10-6-20-40-26)13-11-28(12-14-29)15-18-35(19-16-28)27(37)22-24-8-3-4-17-36(24)41(38,39)25-9-5-7-23(21-25)30(31,32)33/h5-7,9-10,20-21,24H,3-4,8,11-19,22H2,1-2H3. The van der Waals surface area contributed by atoms with Crippen LogP contribution in [0, 0.1) is 5.41 Å². The summed E-state index contributed by atoms with van der Waals surface area (Å²) >= 11 is 1.82. The molecule has 226 valence electrons. The molecule has 11 heteroatoms. The SMILES string of the molecule is CN(C)C1(c2cccs2)CCC2(CCN(C(=O)CC3CCCCN3S(=O)(=O)c3cccc(C(F)(F)F)c3)CC2)CC1. The Morgan fingerprint density at radius 3 is 2.32 bits per heavy atom. The molecule has 3 fully saturated rings. The third kappa shape index (κ3) is 6.10. The minimum Gasteiger partial charge on any atom is -0.343 e. The number of nitrogens with zero attached hydrogens (tertiary/aromatic N) is 3. The highest BCUT2D eigenvalue weighted by molar-refractivity contribution is 7.89. The number of amides is 1. The number of alkyl halides is 3. The van der Waals surface area contributed by atoms with Gasteiger partial charge in [0.25, 0.3) is 0 Å². The summed E-state index contributed by atoms with van der Waals surface area (Å²) in [6.07, 6.45) is 3.69. The molecule has 0 N–H and O–H groups in total. The van der Waals surface area contributed by atoms with E-state index < -0.39 is 27.8 Å². The Balaban J connectivity index is 1.22. The van der Waals surface area contributed by atoms with Crippen LogP contribution in [0.2, 0.25) is 0 Å². The monoisotopic (exact) mass is 611 g/mol. The van der Waals surface area contributed by atoms with Crippen LogP contribution in [0.25, 0.3) is 0 Å². The summed E-state index contributed by atoms with van der Waals surface area (Å²) in [5.74, 6) is -0.0620. The van der Waals surface area contributed by atoms with Gasteiger partial charge in [-0.05, 0) is 101 Å². The van der Waals surface area contributed by atoms with E-state index in [1.807, 2.05) is 16.2 Å². The highest BCUT2D eigenvalue weighted by Crippen LogP contribution is 2.53. The maximum atomic E-state index is 13.5. The molecule has 1 saturated carbocycles. The number of sulfonamides is 1. The van der Waals surface area contributed by atoms with Gasteiger partial charge >= 0.3 is 6.18 Å². The second-order valence-corrected chi connectivity index (χ2v) is 15.1. The van der Waals surface area contributed by atoms with Gasteiger partial charge < -0.3 is 4.90 Å². The fraction of sp³-hybridized carbons (Fsp3) is 0.633. The maximum Gasteiger partial charge on any atom is 0.416 e. The van der Waals surface area contributed by atoms with E-state index in [1.54, 1.807) is 0 Å². The molecule has 3 aliphatic rings. The summed E-state index contributed by atoms with van der Waals surface area (Å²) in [6, 6.07) is 7.71. The third-order valence-electron chi connectivity index (χ3n) is 9.90. The molecule has 1 spiro atoms. The molecule has 2 aromatic rings. The van der Waals surface area contributed by atoms with Crippen molar-refractivity contribution in [2.24, 2.45) is 5.41 Å². The van der Waals surface area contributed by atoms with Gasteiger partial charge in [0.15, 0.2) is 0 Å². The quantitative estimate of drug-likeness (QED) is 0.383. The second-order valence-electron chi connectivity index (χ2n) is 12.3. The average molecular weight is 612 g/mol. The van der Waals surface area contributed by atoms with E-state index in [9.17, 15) is 26.4 Å². The van der Waals surface area contributed by atoms with Gasteiger partial charge in [0.2, 0.25) is 15.9 Å². The van der Waals surface area contributed by atoms with E-state index in [0.29, 0.717) is 32.0 Å². The van der Waals surface area contributed by atoms with Crippen LogP contribution in [-0.4, -0.2) is 68.2 Å². The van der Waals surface area contributed by atoms with Gasteiger partial charge in [-0.2, -0.15) is 17.5 Å². The molecule has 0 bridgehead atoms. The fourth-order valence-corrected chi connectivity index (χ4v) is 9.98. The van der Waals surface area contributed by atoms with Crippen molar-refractivity contribution in [3.63, 3.8) is 0 Å². The number of rotatable bonds is 6. The lowest BCUT2D eigenvalue weighted by molar-refractivity contribution is -0.138. The highest BCUT2D eigenvalue weighted by atomic mass is 32.2. The van der Waals surface area contributed by atoms with E-state index in [0.717, 1.165) is 57.1 Å². The van der Waals surface area contributed by atoms with Crippen molar-refractivity contribution >= 4 is 27.3 Å². The van der Waals surface area contributed by atoms with Gasteiger partial charge in [0.1, 0.15) is 0 Å². The molecule has 41 heavy (non-hydrogen) atoms. The molecule has 2 saturated heterocycles. The zero-order valence-electron chi connectivity index (χ0n) is 23.8. The normalized spacial score (nSPS) is 23.7. The van der Waals surface area contributed by atoms with Crippen molar-refractivity contribution in [2.45, 2.75) is 86.9 Å². The van der Waals surface area contributed by atoms with Gasteiger partial charge in [-0.15, -0.1) is 11.3 Å². The number of thiophene rings is 1. The van der Waals surface area contributed by atoms with E-state index in [1.165, 1.54) is 15.2 Å². The van der Waals surface area contributed by atoms with Crippen LogP contribution in [0.15, 0.2) is 46.7 Å². The number of hydrogen-bond acceptors (Lipinski definition) is 5. The first kappa shape index (κ1) is 30.5. The van der Waals surface area contributed by atoms with Crippen molar-refractivity contribution in [3.05, 3.63) is 52.2 Å². The predicted octanol–water partition coefficient (Wildman–Crippen LogP) is 6.34. The molecule has 1 aliphatic carbocycles. The van der Waals surface area contributed by atoms with E-state index in [4.69, 9.17) is 0 Å². The molecule has 3 heterocycles. The zero-order chi connectivity index (χ0) is 29.5. The zero-order valence-corrected chi connectivity index (χ0v) is 25.5. The van der Waals surface area contributed by atoms with E-state index >= 15 is 0 Å². The molecular weight excluding hydrogens is 571 g/mol. The van der Waals surface area contributed by atoms with Crippen molar-refractivity contribution < 1.29 is 26.4 Å². The van der Waals surface area contributed by atoms with Crippen molar-refractivity contribution in [3.8, 4) is 0 Å². The smallest absolute Gasteiger partial charge is 0.343 e. The Hall–Kier alpha value is -1.95. The summed E-state index contributed by atoms with van der Waals surface area (Å²) in [6.45, 7) is 1.54. The molecule has 1 amide bonds. The van der Waals surface area contributed by atoms with E-state index in [2.05, 4.69) is 36.5 Å². The molecular formula is C30H40F3N3O3S2. The van der Waals surface area contributed by atoms with Crippen LogP contribution in [0.1, 0.15) is 74.6 Å². The van der Waals surface area contributed by atoms with Crippen LogP contribution in [0.4, 0.5) is 13.2 Å². The fourth-order valence-electron chi connectivity index (χ4n) is 7.18. The van der Waals surface area contributed by atoms with E-state index in [-0.39, 0.29) is 34.7 Å². The predicted molar refractivity (Wildman–Crippen MR) is 154 cm³/mol. The first-order chi connectivity index (χ1) is 19.4. The number of benzene rings is 1. The lowest BCUT2D eigenvalue weighted by Crippen LogP contribution is -2.51. The second kappa shape index (κ2) is 11.6. The molecule has 1 aromatic carbocycles. The molecule has 6 nitrogen and oxygen atoms in total. The van der Waals surface area contributed by atoms with Crippen LogP contribution in [-0.2, 0) is 26.5 Å². The molecule has 1 unspecified atom stereocenters. The van der Waals surface area contributed by atoms with Crippen LogP contribution >= 0.6 is 11.3 Å². The number of hydrogen-bond donors (Lipinski definition) is 0. The minimum absolute atomic E-state index is 0.0620. The Bertz CT molecular complexity index is 1310.